The molecule has 0 heterocycles. The molecule has 1 amide bonds. The maximum atomic E-state index is 12.2. The van der Waals surface area contributed by atoms with Gasteiger partial charge in [-0.15, -0.1) is 11.8 Å². The summed E-state index contributed by atoms with van der Waals surface area (Å²) in [6.07, 6.45) is 1.28. The van der Waals surface area contributed by atoms with Gasteiger partial charge in [0.05, 0.1) is 23.3 Å². The van der Waals surface area contributed by atoms with Crippen molar-refractivity contribution in [3.05, 3.63) is 29.8 Å². The zero-order chi connectivity index (χ0) is 15.7. The van der Waals surface area contributed by atoms with Gasteiger partial charge in [0, 0.05) is 11.4 Å². The average Bonchev–Trinajstić information content (AvgIpc) is 2.49. The molecule has 0 aliphatic rings. The third-order valence-corrected chi connectivity index (χ3v) is 3.86. The number of nitrogens with one attached hydrogen (secondary N) is 1. The summed E-state index contributed by atoms with van der Waals surface area (Å²) < 4.78 is 0. The van der Waals surface area contributed by atoms with Crippen LogP contribution >= 0.6 is 11.8 Å². The van der Waals surface area contributed by atoms with Gasteiger partial charge in [-0.1, -0.05) is 25.5 Å². The third-order valence-electron chi connectivity index (χ3n) is 2.92. The number of carboxylic acids is 1. The number of rotatable bonds is 8. The molecule has 1 rings (SSSR count). The fourth-order valence-corrected chi connectivity index (χ4v) is 2.57. The zero-order valence-electron chi connectivity index (χ0n) is 11.8. The second-order valence-corrected chi connectivity index (χ2v) is 5.49. The van der Waals surface area contributed by atoms with E-state index in [-0.39, 0.29) is 18.2 Å². The van der Waals surface area contributed by atoms with Gasteiger partial charge in [0.1, 0.15) is 0 Å². The first-order chi connectivity index (χ1) is 10.1. The first-order valence-electron chi connectivity index (χ1n) is 6.69. The first kappa shape index (κ1) is 17.1. The Balaban J connectivity index is 2.71. The van der Waals surface area contributed by atoms with E-state index in [1.807, 2.05) is 13.0 Å². The van der Waals surface area contributed by atoms with Crippen LogP contribution in [0.1, 0.15) is 30.1 Å². The van der Waals surface area contributed by atoms with Crippen molar-refractivity contribution in [3.63, 3.8) is 0 Å². The van der Waals surface area contributed by atoms with Gasteiger partial charge in [-0.2, -0.15) is 5.26 Å². The standard InChI is InChI=1S/C15H18N2O3S/c1-2-5-11(15(19)20)10-17-14(18)12-6-3-4-7-13(12)21-9-8-16/h3-4,6-7,11H,2,5,9-10H2,1H3,(H,17,18)(H,19,20). The minimum absolute atomic E-state index is 0.110. The number of benzene rings is 1. The van der Waals surface area contributed by atoms with E-state index in [4.69, 9.17) is 10.4 Å². The van der Waals surface area contributed by atoms with Crippen molar-refractivity contribution < 1.29 is 14.7 Å². The lowest BCUT2D eigenvalue weighted by Gasteiger charge is -2.13. The Morgan fingerprint density at radius 1 is 1.43 bits per heavy atom. The lowest BCUT2D eigenvalue weighted by atomic mass is 10.0. The molecule has 21 heavy (non-hydrogen) atoms. The number of aliphatic carboxylic acids is 1. The molecule has 0 aliphatic heterocycles. The summed E-state index contributed by atoms with van der Waals surface area (Å²) >= 11 is 1.29. The minimum atomic E-state index is -0.899. The van der Waals surface area contributed by atoms with Crippen LogP contribution in [0.2, 0.25) is 0 Å². The molecule has 1 atom stereocenters. The summed E-state index contributed by atoms with van der Waals surface area (Å²) in [6.45, 7) is 2.02. The normalized spacial score (nSPS) is 11.4. The van der Waals surface area contributed by atoms with Crippen LogP contribution in [0.5, 0.6) is 0 Å². The Kier molecular flexibility index (Phi) is 7.33. The smallest absolute Gasteiger partial charge is 0.308 e. The van der Waals surface area contributed by atoms with Crippen LogP contribution in [0, 0.1) is 17.2 Å². The number of hydrogen-bond donors (Lipinski definition) is 2. The van der Waals surface area contributed by atoms with Crippen molar-refractivity contribution in [3.8, 4) is 6.07 Å². The molecular formula is C15H18N2O3S. The SMILES string of the molecule is CCCC(CNC(=O)c1ccccc1SCC#N)C(=O)O. The van der Waals surface area contributed by atoms with Crippen LogP contribution in [0.15, 0.2) is 29.2 Å². The molecule has 1 aromatic rings. The zero-order valence-corrected chi connectivity index (χ0v) is 12.7. The maximum Gasteiger partial charge on any atom is 0.308 e. The van der Waals surface area contributed by atoms with Crippen LogP contribution < -0.4 is 5.32 Å². The Morgan fingerprint density at radius 3 is 2.76 bits per heavy atom. The van der Waals surface area contributed by atoms with E-state index < -0.39 is 11.9 Å². The second-order valence-electron chi connectivity index (χ2n) is 4.48. The molecular weight excluding hydrogens is 288 g/mol. The molecule has 0 spiro atoms. The molecule has 0 aromatic heterocycles. The van der Waals surface area contributed by atoms with E-state index in [9.17, 15) is 9.59 Å². The van der Waals surface area contributed by atoms with Gasteiger partial charge in [0.15, 0.2) is 0 Å². The van der Waals surface area contributed by atoms with Gasteiger partial charge in [-0.3, -0.25) is 9.59 Å². The Bertz CT molecular complexity index is 540. The summed E-state index contributed by atoms with van der Waals surface area (Å²) in [4.78, 5) is 23.9. The van der Waals surface area contributed by atoms with Crippen LogP contribution in [-0.4, -0.2) is 29.3 Å². The van der Waals surface area contributed by atoms with E-state index in [0.29, 0.717) is 12.0 Å². The van der Waals surface area contributed by atoms with Gasteiger partial charge in [-0.25, -0.2) is 0 Å². The quantitative estimate of drug-likeness (QED) is 0.720. The number of thioether (sulfide) groups is 1. The molecule has 1 unspecified atom stereocenters. The van der Waals surface area contributed by atoms with Gasteiger partial charge in [0.2, 0.25) is 0 Å². The number of hydrogen-bond acceptors (Lipinski definition) is 4. The Labute approximate surface area is 128 Å². The number of carbonyl (C=O) groups excluding carboxylic acids is 1. The second kappa shape index (κ2) is 9.03. The number of nitriles is 1. The molecule has 0 fully saturated rings. The Morgan fingerprint density at radius 2 is 2.14 bits per heavy atom. The van der Waals surface area contributed by atoms with Crippen LogP contribution in [0.3, 0.4) is 0 Å². The number of carboxylic acid groups (broad SMARTS) is 1. The predicted octanol–water partition coefficient (Wildman–Crippen LogP) is 2.53. The van der Waals surface area contributed by atoms with Crippen molar-refractivity contribution in [2.75, 3.05) is 12.3 Å². The van der Waals surface area contributed by atoms with Gasteiger partial charge in [-0.05, 0) is 18.6 Å². The van der Waals surface area contributed by atoms with Crippen molar-refractivity contribution in [1.29, 1.82) is 5.26 Å². The van der Waals surface area contributed by atoms with Gasteiger partial charge >= 0.3 is 5.97 Å². The molecule has 6 heteroatoms. The topological polar surface area (TPSA) is 90.2 Å². The summed E-state index contributed by atoms with van der Waals surface area (Å²) in [5.74, 6) is -1.52. The maximum absolute atomic E-state index is 12.2. The molecule has 0 bridgehead atoms. The van der Waals surface area contributed by atoms with Gasteiger partial charge < -0.3 is 10.4 Å². The average molecular weight is 306 g/mol. The third kappa shape index (κ3) is 5.48. The van der Waals surface area contributed by atoms with Crippen LogP contribution in [0.4, 0.5) is 0 Å². The summed E-state index contributed by atoms with van der Waals surface area (Å²) in [5.41, 5.74) is 0.471. The van der Waals surface area contributed by atoms with E-state index >= 15 is 0 Å². The van der Waals surface area contributed by atoms with Crippen molar-refractivity contribution in [1.82, 2.24) is 5.32 Å². The highest BCUT2D eigenvalue weighted by atomic mass is 32.2. The minimum Gasteiger partial charge on any atom is -0.481 e. The van der Waals surface area contributed by atoms with E-state index in [1.54, 1.807) is 24.3 Å². The highest BCUT2D eigenvalue weighted by Gasteiger charge is 2.18. The number of nitrogens with zero attached hydrogens (tertiary/aromatic N) is 1. The summed E-state index contributed by atoms with van der Waals surface area (Å²) in [7, 11) is 0. The number of carbonyl (C=O) groups is 2. The monoisotopic (exact) mass is 306 g/mol. The molecule has 0 saturated heterocycles. The van der Waals surface area contributed by atoms with E-state index in [2.05, 4.69) is 5.32 Å². The van der Waals surface area contributed by atoms with Crippen molar-refractivity contribution in [2.24, 2.45) is 5.92 Å². The lowest BCUT2D eigenvalue weighted by Crippen LogP contribution is -2.33. The summed E-state index contributed by atoms with van der Waals surface area (Å²) in [5, 5.41) is 20.3. The van der Waals surface area contributed by atoms with Crippen molar-refractivity contribution >= 4 is 23.6 Å². The van der Waals surface area contributed by atoms with Crippen LogP contribution in [0.25, 0.3) is 0 Å². The Hall–Kier alpha value is -2.00. The fourth-order valence-electron chi connectivity index (χ4n) is 1.86. The molecule has 1 aromatic carbocycles. The molecule has 0 aliphatic carbocycles. The predicted molar refractivity (Wildman–Crippen MR) is 81.1 cm³/mol. The van der Waals surface area contributed by atoms with Crippen LogP contribution in [-0.2, 0) is 4.79 Å². The molecule has 5 nitrogen and oxygen atoms in total. The highest BCUT2D eigenvalue weighted by Crippen LogP contribution is 2.22. The lowest BCUT2D eigenvalue weighted by molar-refractivity contribution is -0.141. The molecule has 0 radical (unpaired) electrons. The molecule has 2 N–H and O–H groups in total. The van der Waals surface area contributed by atoms with E-state index in [1.165, 1.54) is 11.8 Å². The molecule has 112 valence electrons. The van der Waals surface area contributed by atoms with Crippen molar-refractivity contribution in [2.45, 2.75) is 24.7 Å². The number of amides is 1. The largest absolute Gasteiger partial charge is 0.481 e. The highest BCUT2D eigenvalue weighted by molar-refractivity contribution is 7.99. The first-order valence-corrected chi connectivity index (χ1v) is 7.68. The van der Waals surface area contributed by atoms with E-state index in [0.717, 1.165) is 11.3 Å². The summed E-state index contributed by atoms with van der Waals surface area (Å²) in [6, 6.07) is 9.01. The fraction of sp³-hybridized carbons (Fsp3) is 0.400. The van der Waals surface area contributed by atoms with Gasteiger partial charge in [0.25, 0.3) is 5.91 Å². The molecule has 0 saturated carbocycles.